The number of anilines is 1. The number of fused-ring (bicyclic) bond motifs is 1. The molecule has 0 aliphatic carbocycles. The number of hydrogen-bond acceptors (Lipinski definition) is 8. The van der Waals surface area contributed by atoms with Crippen molar-refractivity contribution in [2.45, 2.75) is 25.9 Å². The molecular weight excluding hydrogens is 394 g/mol. The molecule has 4 rings (SSSR count). The second kappa shape index (κ2) is 8.07. The zero-order valence-corrected chi connectivity index (χ0v) is 16.2. The number of aromatic nitrogens is 1. The second-order valence-electron chi connectivity index (χ2n) is 7.06. The van der Waals surface area contributed by atoms with E-state index in [0.717, 1.165) is 17.7 Å². The van der Waals surface area contributed by atoms with Gasteiger partial charge >= 0.3 is 5.97 Å². The van der Waals surface area contributed by atoms with Gasteiger partial charge in [-0.15, -0.1) is 0 Å². The third kappa shape index (κ3) is 3.94. The molecule has 1 saturated heterocycles. The fraction of sp³-hybridized carbons (Fsp3) is 0.350. The number of carbonyl (C=O) groups is 4. The number of benzene rings is 1. The number of aryl methyl sites for hydroxylation is 1. The van der Waals surface area contributed by atoms with Gasteiger partial charge in [-0.1, -0.05) is 5.16 Å². The van der Waals surface area contributed by atoms with Crippen LogP contribution in [0, 0.1) is 6.92 Å². The topological polar surface area (TPSA) is 128 Å². The summed E-state index contributed by atoms with van der Waals surface area (Å²) >= 11 is 0. The van der Waals surface area contributed by atoms with Crippen LogP contribution in [0.2, 0.25) is 0 Å². The third-order valence-corrected chi connectivity index (χ3v) is 4.85. The van der Waals surface area contributed by atoms with E-state index in [0.29, 0.717) is 12.4 Å². The number of esters is 1. The van der Waals surface area contributed by atoms with Gasteiger partial charge in [0.2, 0.25) is 0 Å². The standard InChI is InChI=1S/C20H19N3O7/c1-11-7-16(22-30-11)21-17(24)10-29-20(27)12-4-5-14-15(8-12)19(26)23(18(14)25)9-13-3-2-6-28-13/h4-5,7-8,13H,2-3,6,9-10H2,1H3,(H,21,22,24)/t13-/m1/s1. The second-order valence-corrected chi connectivity index (χ2v) is 7.06. The number of imide groups is 1. The Labute approximate surface area is 171 Å². The first-order valence-electron chi connectivity index (χ1n) is 9.44. The highest BCUT2D eigenvalue weighted by Gasteiger charge is 2.38. The van der Waals surface area contributed by atoms with Gasteiger partial charge in [0.1, 0.15) is 5.76 Å². The fourth-order valence-electron chi connectivity index (χ4n) is 3.39. The number of ether oxygens (including phenoxy) is 2. The molecule has 1 N–H and O–H groups in total. The number of hydrogen-bond donors (Lipinski definition) is 1. The Morgan fingerprint density at radius 2 is 2.03 bits per heavy atom. The monoisotopic (exact) mass is 413 g/mol. The largest absolute Gasteiger partial charge is 0.452 e. The molecule has 3 heterocycles. The van der Waals surface area contributed by atoms with Crippen molar-refractivity contribution in [2.75, 3.05) is 25.1 Å². The van der Waals surface area contributed by atoms with Crippen molar-refractivity contribution >= 4 is 29.5 Å². The van der Waals surface area contributed by atoms with Gasteiger partial charge in [-0.25, -0.2) is 4.79 Å². The van der Waals surface area contributed by atoms with E-state index in [-0.39, 0.29) is 35.2 Å². The van der Waals surface area contributed by atoms with E-state index in [1.54, 1.807) is 6.92 Å². The van der Waals surface area contributed by atoms with Crippen molar-refractivity contribution in [3.63, 3.8) is 0 Å². The Morgan fingerprint density at radius 3 is 2.73 bits per heavy atom. The molecule has 0 unspecified atom stereocenters. The zero-order valence-electron chi connectivity index (χ0n) is 16.2. The van der Waals surface area contributed by atoms with Crippen molar-refractivity contribution in [2.24, 2.45) is 0 Å². The van der Waals surface area contributed by atoms with E-state index >= 15 is 0 Å². The van der Waals surface area contributed by atoms with Crippen LogP contribution in [0.25, 0.3) is 0 Å². The molecule has 10 heteroatoms. The Hall–Kier alpha value is -3.53. The van der Waals surface area contributed by atoms with Gasteiger partial charge in [-0.05, 0) is 38.0 Å². The van der Waals surface area contributed by atoms with Gasteiger partial charge in [0.15, 0.2) is 12.4 Å². The first-order chi connectivity index (χ1) is 14.4. The predicted octanol–water partition coefficient (Wildman–Crippen LogP) is 1.55. The average molecular weight is 413 g/mol. The molecule has 0 saturated carbocycles. The summed E-state index contributed by atoms with van der Waals surface area (Å²) in [5.74, 6) is -1.53. The maximum absolute atomic E-state index is 12.7. The van der Waals surface area contributed by atoms with E-state index in [9.17, 15) is 19.2 Å². The van der Waals surface area contributed by atoms with Crippen LogP contribution in [0.4, 0.5) is 5.82 Å². The lowest BCUT2D eigenvalue weighted by atomic mass is 10.1. The number of nitrogens with zero attached hydrogens (tertiary/aromatic N) is 2. The minimum absolute atomic E-state index is 0.0685. The maximum Gasteiger partial charge on any atom is 0.338 e. The third-order valence-electron chi connectivity index (χ3n) is 4.85. The molecular formula is C20H19N3O7. The predicted molar refractivity (Wildman–Crippen MR) is 101 cm³/mol. The van der Waals surface area contributed by atoms with Crippen molar-refractivity contribution in [3.05, 3.63) is 46.7 Å². The summed E-state index contributed by atoms with van der Waals surface area (Å²) in [5.41, 5.74) is 0.433. The van der Waals surface area contributed by atoms with Crippen LogP contribution in [0.3, 0.4) is 0 Å². The summed E-state index contributed by atoms with van der Waals surface area (Å²) in [6.45, 7) is 1.94. The highest BCUT2D eigenvalue weighted by atomic mass is 16.5. The Balaban J connectivity index is 1.38. The van der Waals surface area contributed by atoms with Crippen LogP contribution in [-0.4, -0.2) is 59.6 Å². The molecule has 0 bridgehead atoms. The summed E-state index contributed by atoms with van der Waals surface area (Å²) in [7, 11) is 0. The summed E-state index contributed by atoms with van der Waals surface area (Å²) < 4.78 is 15.3. The molecule has 1 aromatic heterocycles. The quantitative estimate of drug-likeness (QED) is 0.558. The van der Waals surface area contributed by atoms with Gasteiger partial charge < -0.3 is 19.3 Å². The molecule has 30 heavy (non-hydrogen) atoms. The van der Waals surface area contributed by atoms with Crippen molar-refractivity contribution in [3.8, 4) is 0 Å². The van der Waals surface area contributed by atoms with E-state index < -0.39 is 30.3 Å². The number of carbonyl (C=O) groups excluding carboxylic acids is 4. The highest BCUT2D eigenvalue weighted by molar-refractivity contribution is 6.22. The Bertz CT molecular complexity index is 1020. The average Bonchev–Trinajstić information content (AvgIpc) is 3.44. The summed E-state index contributed by atoms with van der Waals surface area (Å²) in [6, 6.07) is 5.64. The SMILES string of the molecule is Cc1cc(NC(=O)COC(=O)c2ccc3c(c2)C(=O)N(C[C@H]2CCCO2)C3=O)no1. The Morgan fingerprint density at radius 1 is 1.23 bits per heavy atom. The molecule has 1 aromatic carbocycles. The zero-order chi connectivity index (χ0) is 21.3. The molecule has 0 radical (unpaired) electrons. The molecule has 2 aliphatic heterocycles. The van der Waals surface area contributed by atoms with E-state index in [4.69, 9.17) is 14.0 Å². The van der Waals surface area contributed by atoms with E-state index in [1.165, 1.54) is 24.3 Å². The summed E-state index contributed by atoms with van der Waals surface area (Å²) in [5, 5.41) is 6.03. The van der Waals surface area contributed by atoms with Gasteiger partial charge in [-0.2, -0.15) is 0 Å². The van der Waals surface area contributed by atoms with Gasteiger partial charge in [0.25, 0.3) is 17.7 Å². The van der Waals surface area contributed by atoms with Crippen LogP contribution in [-0.2, 0) is 14.3 Å². The van der Waals surface area contributed by atoms with Crippen LogP contribution in [0.5, 0.6) is 0 Å². The molecule has 3 amide bonds. The summed E-state index contributed by atoms with van der Waals surface area (Å²) in [4.78, 5) is 50.5. The highest BCUT2D eigenvalue weighted by Crippen LogP contribution is 2.26. The Kier molecular flexibility index (Phi) is 5.32. The van der Waals surface area contributed by atoms with Gasteiger partial charge in [0, 0.05) is 12.7 Å². The number of amides is 3. The first kappa shape index (κ1) is 19.8. The molecule has 1 fully saturated rings. The molecule has 2 aliphatic rings. The first-order valence-corrected chi connectivity index (χ1v) is 9.44. The van der Waals surface area contributed by atoms with Gasteiger partial charge in [0.05, 0.1) is 29.3 Å². The maximum atomic E-state index is 12.7. The van der Waals surface area contributed by atoms with Crippen molar-refractivity contribution < 1.29 is 33.2 Å². The van der Waals surface area contributed by atoms with Gasteiger partial charge in [-0.3, -0.25) is 19.3 Å². The molecule has 1 atom stereocenters. The fourth-order valence-corrected chi connectivity index (χ4v) is 3.39. The molecule has 2 aromatic rings. The minimum Gasteiger partial charge on any atom is -0.452 e. The van der Waals surface area contributed by atoms with Crippen LogP contribution < -0.4 is 5.32 Å². The smallest absolute Gasteiger partial charge is 0.338 e. The van der Waals surface area contributed by atoms with E-state index in [2.05, 4.69) is 10.5 Å². The summed E-state index contributed by atoms with van der Waals surface area (Å²) in [6.07, 6.45) is 1.53. The van der Waals surface area contributed by atoms with Crippen LogP contribution in [0.1, 0.15) is 49.7 Å². The van der Waals surface area contributed by atoms with Crippen LogP contribution >= 0.6 is 0 Å². The lowest BCUT2D eigenvalue weighted by Gasteiger charge is -2.17. The minimum atomic E-state index is -0.790. The number of rotatable bonds is 6. The molecule has 0 spiro atoms. The molecule has 156 valence electrons. The van der Waals surface area contributed by atoms with E-state index in [1.807, 2.05) is 0 Å². The normalized spacial score (nSPS) is 17.9. The van der Waals surface area contributed by atoms with Crippen molar-refractivity contribution in [1.29, 1.82) is 0 Å². The number of nitrogens with one attached hydrogen (secondary N) is 1. The van der Waals surface area contributed by atoms with Crippen molar-refractivity contribution in [1.82, 2.24) is 10.1 Å². The lowest BCUT2D eigenvalue weighted by Crippen LogP contribution is -2.36. The molecule has 10 nitrogen and oxygen atoms in total. The van der Waals surface area contributed by atoms with Crippen LogP contribution in [0.15, 0.2) is 28.8 Å². The lowest BCUT2D eigenvalue weighted by molar-refractivity contribution is -0.119.